The largest absolute Gasteiger partial charge is 0.371 e. The average Bonchev–Trinajstić information content (AvgIpc) is 2.43. The molecule has 2 nitrogen and oxygen atoms in total. The quantitative estimate of drug-likeness (QED) is 0.893. The van der Waals surface area contributed by atoms with Crippen molar-refractivity contribution >= 4 is 5.69 Å². The zero-order chi connectivity index (χ0) is 14.1. The van der Waals surface area contributed by atoms with E-state index in [0.29, 0.717) is 12.0 Å². The molecule has 1 fully saturated rings. The summed E-state index contributed by atoms with van der Waals surface area (Å²) in [7, 11) is 0. The van der Waals surface area contributed by atoms with Crippen LogP contribution < -0.4 is 10.6 Å². The highest BCUT2D eigenvalue weighted by Crippen LogP contribution is 2.33. The summed E-state index contributed by atoms with van der Waals surface area (Å²) in [6.45, 7) is 7.08. The number of anilines is 1. The molecule has 110 valence electrons. The smallest absolute Gasteiger partial charge is 0.0399 e. The first-order valence-corrected chi connectivity index (χ1v) is 8.22. The molecule has 0 amide bonds. The van der Waals surface area contributed by atoms with Crippen molar-refractivity contribution in [3.05, 3.63) is 29.8 Å². The molecule has 4 atom stereocenters. The van der Waals surface area contributed by atoms with Crippen molar-refractivity contribution < 1.29 is 0 Å². The topological polar surface area (TPSA) is 29.3 Å². The van der Waals surface area contributed by atoms with Gasteiger partial charge in [-0.2, -0.15) is 0 Å². The second-order valence-corrected chi connectivity index (χ2v) is 7.19. The van der Waals surface area contributed by atoms with Gasteiger partial charge in [0.15, 0.2) is 0 Å². The van der Waals surface area contributed by atoms with Crippen LogP contribution in [-0.2, 0) is 6.42 Å². The molecule has 3 rings (SSSR count). The van der Waals surface area contributed by atoms with E-state index in [-0.39, 0.29) is 0 Å². The highest BCUT2D eigenvalue weighted by Gasteiger charge is 2.30. The second-order valence-electron chi connectivity index (χ2n) is 7.19. The van der Waals surface area contributed by atoms with E-state index in [4.69, 9.17) is 5.73 Å². The lowest BCUT2D eigenvalue weighted by atomic mass is 9.78. The second kappa shape index (κ2) is 5.77. The fourth-order valence-electron chi connectivity index (χ4n) is 4.09. The van der Waals surface area contributed by atoms with E-state index in [1.165, 1.54) is 43.5 Å². The van der Waals surface area contributed by atoms with Gasteiger partial charge in [0, 0.05) is 24.8 Å². The van der Waals surface area contributed by atoms with Crippen LogP contribution in [0.3, 0.4) is 0 Å². The summed E-state index contributed by atoms with van der Waals surface area (Å²) >= 11 is 0. The number of hydrogen-bond donors (Lipinski definition) is 1. The fourth-order valence-corrected chi connectivity index (χ4v) is 4.09. The van der Waals surface area contributed by atoms with Gasteiger partial charge in [-0.15, -0.1) is 0 Å². The molecule has 1 aliphatic carbocycles. The first-order chi connectivity index (χ1) is 9.63. The molecular formula is C18H28N2. The summed E-state index contributed by atoms with van der Waals surface area (Å²) < 4.78 is 0. The van der Waals surface area contributed by atoms with Crippen LogP contribution in [0.15, 0.2) is 24.3 Å². The maximum absolute atomic E-state index is 6.39. The van der Waals surface area contributed by atoms with E-state index >= 15 is 0 Å². The Kier molecular flexibility index (Phi) is 4.02. The lowest BCUT2D eigenvalue weighted by Crippen LogP contribution is -2.45. The monoisotopic (exact) mass is 272 g/mol. The van der Waals surface area contributed by atoms with Gasteiger partial charge in [0.2, 0.25) is 0 Å². The standard InChI is InChI=1S/C18H28N2/c1-13-7-8-17(19)16(9-13)12-20-11-14(2)10-15-5-3-4-6-18(15)20/h3-6,13-14,16-17H,7-12,19H2,1-2H3. The van der Waals surface area contributed by atoms with Gasteiger partial charge in [0.1, 0.15) is 0 Å². The molecule has 20 heavy (non-hydrogen) atoms. The number of nitrogens with zero attached hydrogens (tertiary/aromatic N) is 1. The van der Waals surface area contributed by atoms with Crippen LogP contribution in [-0.4, -0.2) is 19.1 Å². The normalized spacial score (nSPS) is 33.9. The first kappa shape index (κ1) is 13.9. The minimum Gasteiger partial charge on any atom is -0.371 e. The number of fused-ring (bicyclic) bond motifs is 1. The molecule has 2 heteroatoms. The Bertz CT molecular complexity index is 456. The van der Waals surface area contributed by atoms with Crippen LogP contribution in [0.4, 0.5) is 5.69 Å². The zero-order valence-electron chi connectivity index (χ0n) is 12.9. The maximum atomic E-state index is 6.39. The number of rotatable bonds is 2. The zero-order valence-corrected chi connectivity index (χ0v) is 12.9. The Morgan fingerprint density at radius 3 is 2.80 bits per heavy atom. The van der Waals surface area contributed by atoms with Crippen LogP contribution in [0.2, 0.25) is 0 Å². The highest BCUT2D eigenvalue weighted by atomic mass is 15.1. The molecule has 4 unspecified atom stereocenters. The van der Waals surface area contributed by atoms with Gasteiger partial charge in [-0.05, 0) is 55.1 Å². The molecule has 0 radical (unpaired) electrons. The van der Waals surface area contributed by atoms with Gasteiger partial charge in [-0.25, -0.2) is 0 Å². The molecule has 0 saturated heterocycles. The van der Waals surface area contributed by atoms with Crippen LogP contribution in [0.1, 0.15) is 38.7 Å². The lowest BCUT2D eigenvalue weighted by molar-refractivity contribution is 0.245. The number of para-hydroxylation sites is 1. The van der Waals surface area contributed by atoms with E-state index in [1.54, 1.807) is 0 Å². The third-order valence-electron chi connectivity index (χ3n) is 5.19. The third-order valence-corrected chi connectivity index (χ3v) is 5.19. The molecule has 1 aromatic rings. The first-order valence-electron chi connectivity index (χ1n) is 8.22. The fraction of sp³-hybridized carbons (Fsp3) is 0.667. The van der Waals surface area contributed by atoms with Crippen molar-refractivity contribution in [2.45, 2.75) is 45.6 Å². The summed E-state index contributed by atoms with van der Waals surface area (Å²) in [5, 5.41) is 0. The molecule has 0 bridgehead atoms. The Morgan fingerprint density at radius 1 is 1.15 bits per heavy atom. The van der Waals surface area contributed by atoms with E-state index in [0.717, 1.165) is 18.4 Å². The van der Waals surface area contributed by atoms with Crippen LogP contribution in [0.5, 0.6) is 0 Å². The predicted octanol–water partition coefficient (Wildman–Crippen LogP) is 3.45. The molecule has 2 N–H and O–H groups in total. The summed E-state index contributed by atoms with van der Waals surface area (Å²) in [6, 6.07) is 9.32. The predicted molar refractivity (Wildman–Crippen MR) is 86.0 cm³/mol. The van der Waals surface area contributed by atoms with Crippen molar-refractivity contribution in [1.29, 1.82) is 0 Å². The molecular weight excluding hydrogens is 244 g/mol. The van der Waals surface area contributed by atoms with Crippen molar-refractivity contribution in [3.8, 4) is 0 Å². The van der Waals surface area contributed by atoms with E-state index in [2.05, 4.69) is 43.0 Å². The Hall–Kier alpha value is -1.02. The lowest BCUT2D eigenvalue weighted by Gasteiger charge is -2.41. The van der Waals surface area contributed by atoms with Crippen molar-refractivity contribution in [1.82, 2.24) is 0 Å². The summed E-state index contributed by atoms with van der Waals surface area (Å²) in [6.07, 6.45) is 5.04. The number of hydrogen-bond acceptors (Lipinski definition) is 2. The van der Waals surface area contributed by atoms with Crippen molar-refractivity contribution in [3.63, 3.8) is 0 Å². The average molecular weight is 272 g/mol. The van der Waals surface area contributed by atoms with Gasteiger partial charge < -0.3 is 10.6 Å². The van der Waals surface area contributed by atoms with Crippen molar-refractivity contribution in [2.24, 2.45) is 23.5 Å². The Labute approximate surface area is 123 Å². The molecule has 1 heterocycles. The van der Waals surface area contributed by atoms with E-state index in [1.807, 2.05) is 0 Å². The van der Waals surface area contributed by atoms with Crippen LogP contribution >= 0.6 is 0 Å². The summed E-state index contributed by atoms with van der Waals surface area (Å²) in [5.74, 6) is 2.26. The maximum Gasteiger partial charge on any atom is 0.0399 e. The van der Waals surface area contributed by atoms with E-state index in [9.17, 15) is 0 Å². The minimum absolute atomic E-state index is 0.399. The van der Waals surface area contributed by atoms with Gasteiger partial charge >= 0.3 is 0 Å². The number of benzene rings is 1. The summed E-state index contributed by atoms with van der Waals surface area (Å²) in [5.41, 5.74) is 9.36. The summed E-state index contributed by atoms with van der Waals surface area (Å²) in [4.78, 5) is 2.60. The van der Waals surface area contributed by atoms with Gasteiger partial charge in [-0.3, -0.25) is 0 Å². The molecule has 2 aliphatic rings. The SMILES string of the molecule is CC1CCC(N)C(CN2CC(C)Cc3ccccc32)C1. The molecule has 0 spiro atoms. The van der Waals surface area contributed by atoms with Crippen LogP contribution in [0, 0.1) is 17.8 Å². The van der Waals surface area contributed by atoms with Gasteiger partial charge in [0.05, 0.1) is 0 Å². The molecule has 0 aromatic heterocycles. The third kappa shape index (κ3) is 2.85. The Morgan fingerprint density at radius 2 is 1.95 bits per heavy atom. The van der Waals surface area contributed by atoms with Gasteiger partial charge in [0.25, 0.3) is 0 Å². The van der Waals surface area contributed by atoms with E-state index < -0.39 is 0 Å². The number of nitrogens with two attached hydrogens (primary N) is 1. The van der Waals surface area contributed by atoms with Gasteiger partial charge in [-0.1, -0.05) is 32.0 Å². The highest BCUT2D eigenvalue weighted by molar-refractivity contribution is 5.55. The van der Waals surface area contributed by atoms with Crippen LogP contribution in [0.25, 0.3) is 0 Å². The molecule has 1 aliphatic heterocycles. The molecule has 1 aromatic carbocycles. The van der Waals surface area contributed by atoms with Crippen molar-refractivity contribution in [2.75, 3.05) is 18.0 Å². The minimum atomic E-state index is 0.399. The Balaban J connectivity index is 1.77. The molecule has 1 saturated carbocycles.